The summed E-state index contributed by atoms with van der Waals surface area (Å²) in [5.74, 6) is 1.07. The Bertz CT molecular complexity index is 879. The Hall–Kier alpha value is -2.44. The number of nitrogens with one attached hydrogen (secondary N) is 1. The molecule has 1 amide bonds. The minimum absolute atomic E-state index is 0.0940. The van der Waals surface area contributed by atoms with Crippen LogP contribution in [-0.2, 0) is 6.42 Å². The highest BCUT2D eigenvalue weighted by molar-refractivity contribution is 5.95. The van der Waals surface area contributed by atoms with Crippen molar-refractivity contribution in [3.8, 4) is 16.9 Å². The number of fused-ring (bicyclic) bond motifs is 1. The smallest absolute Gasteiger partial charge is 0.255 e. The van der Waals surface area contributed by atoms with Gasteiger partial charge in [-0.25, -0.2) is 0 Å². The van der Waals surface area contributed by atoms with Crippen LogP contribution >= 0.6 is 0 Å². The molecule has 3 aliphatic heterocycles. The lowest BCUT2D eigenvalue weighted by atomic mass is 10.0. The molecule has 3 aliphatic rings. The summed E-state index contributed by atoms with van der Waals surface area (Å²) in [6, 6.07) is 8.68. The molecule has 4 heterocycles. The number of pyridine rings is 1. The highest BCUT2D eigenvalue weighted by Gasteiger charge is 2.31. The van der Waals surface area contributed by atoms with E-state index in [1.54, 1.807) is 6.20 Å². The summed E-state index contributed by atoms with van der Waals surface area (Å²) < 4.78 is 5.59. The van der Waals surface area contributed by atoms with Crippen molar-refractivity contribution in [3.63, 3.8) is 0 Å². The van der Waals surface area contributed by atoms with Crippen molar-refractivity contribution >= 4 is 5.91 Å². The second-order valence-corrected chi connectivity index (χ2v) is 7.86. The van der Waals surface area contributed by atoms with Crippen LogP contribution in [0.15, 0.2) is 36.7 Å². The summed E-state index contributed by atoms with van der Waals surface area (Å²) in [5, 5.41) is 3.40. The SMILES string of the molecule is O=C(c1cncc(-c2ccc3c(c2)CCO3)c1)N1CCC(N2CCNCC2)C1. The fourth-order valence-electron chi connectivity index (χ4n) is 4.54. The number of carbonyl (C=O) groups excluding carboxylic acids is 1. The van der Waals surface area contributed by atoms with Gasteiger partial charge in [0.05, 0.1) is 12.2 Å². The van der Waals surface area contributed by atoms with E-state index in [9.17, 15) is 4.79 Å². The van der Waals surface area contributed by atoms with E-state index >= 15 is 0 Å². The lowest BCUT2D eigenvalue weighted by Crippen LogP contribution is -2.49. The van der Waals surface area contributed by atoms with E-state index in [1.807, 2.05) is 29.3 Å². The van der Waals surface area contributed by atoms with E-state index in [-0.39, 0.29) is 5.91 Å². The Labute approximate surface area is 165 Å². The first-order valence-corrected chi connectivity index (χ1v) is 10.2. The second-order valence-electron chi connectivity index (χ2n) is 7.86. The van der Waals surface area contributed by atoms with Crippen molar-refractivity contribution in [3.05, 3.63) is 47.8 Å². The van der Waals surface area contributed by atoms with Gasteiger partial charge in [-0.1, -0.05) is 6.07 Å². The molecule has 1 N–H and O–H groups in total. The predicted octanol–water partition coefficient (Wildman–Crippen LogP) is 1.80. The fraction of sp³-hybridized carbons (Fsp3) is 0.455. The average molecular weight is 378 g/mol. The third kappa shape index (κ3) is 3.38. The van der Waals surface area contributed by atoms with Crippen LogP contribution in [0, 0.1) is 0 Å². The van der Waals surface area contributed by atoms with Crippen LogP contribution in [0.3, 0.4) is 0 Å². The monoisotopic (exact) mass is 378 g/mol. The molecule has 28 heavy (non-hydrogen) atoms. The van der Waals surface area contributed by atoms with Crippen LogP contribution in [0.2, 0.25) is 0 Å². The van der Waals surface area contributed by atoms with Crippen molar-refractivity contribution in [1.29, 1.82) is 0 Å². The van der Waals surface area contributed by atoms with E-state index in [4.69, 9.17) is 4.74 Å². The Morgan fingerprint density at radius 2 is 2.00 bits per heavy atom. The van der Waals surface area contributed by atoms with Crippen LogP contribution < -0.4 is 10.1 Å². The molecule has 6 heteroatoms. The summed E-state index contributed by atoms with van der Waals surface area (Å²) in [6.07, 6.45) is 5.53. The minimum Gasteiger partial charge on any atom is -0.493 e. The average Bonchev–Trinajstić information content (AvgIpc) is 3.43. The zero-order chi connectivity index (χ0) is 18.9. The Morgan fingerprint density at radius 1 is 1.11 bits per heavy atom. The molecule has 5 rings (SSSR count). The summed E-state index contributed by atoms with van der Waals surface area (Å²) in [6.45, 7) is 6.63. The first-order valence-electron chi connectivity index (χ1n) is 10.2. The molecule has 2 aromatic rings. The van der Waals surface area contributed by atoms with Gasteiger partial charge in [-0.2, -0.15) is 0 Å². The van der Waals surface area contributed by atoms with E-state index in [2.05, 4.69) is 21.3 Å². The van der Waals surface area contributed by atoms with Crippen LogP contribution in [0.5, 0.6) is 5.75 Å². The molecule has 6 nitrogen and oxygen atoms in total. The Morgan fingerprint density at radius 3 is 2.89 bits per heavy atom. The quantitative estimate of drug-likeness (QED) is 0.883. The maximum absolute atomic E-state index is 13.1. The third-order valence-electron chi connectivity index (χ3n) is 6.13. The van der Waals surface area contributed by atoms with Gasteiger partial charge in [0.1, 0.15) is 5.75 Å². The first-order chi connectivity index (χ1) is 13.8. The Kier molecular flexibility index (Phi) is 4.74. The lowest BCUT2D eigenvalue weighted by molar-refractivity contribution is 0.0773. The van der Waals surface area contributed by atoms with Gasteiger partial charge >= 0.3 is 0 Å². The molecular weight excluding hydrogens is 352 g/mol. The number of ether oxygens (including phenoxy) is 1. The van der Waals surface area contributed by atoms with Crippen LogP contribution in [-0.4, -0.2) is 72.6 Å². The Balaban J connectivity index is 1.31. The number of rotatable bonds is 3. The molecule has 1 unspecified atom stereocenters. The van der Waals surface area contributed by atoms with Crippen molar-refractivity contribution in [1.82, 2.24) is 20.1 Å². The largest absolute Gasteiger partial charge is 0.493 e. The van der Waals surface area contributed by atoms with Gasteiger partial charge in [-0.05, 0) is 35.7 Å². The van der Waals surface area contributed by atoms with Gasteiger partial charge < -0.3 is 15.0 Å². The highest BCUT2D eigenvalue weighted by Crippen LogP contribution is 2.30. The molecule has 0 radical (unpaired) electrons. The van der Waals surface area contributed by atoms with Crippen molar-refractivity contribution < 1.29 is 9.53 Å². The molecule has 2 saturated heterocycles. The normalized spacial score (nSPS) is 22.1. The van der Waals surface area contributed by atoms with Gasteiger partial charge in [-0.3, -0.25) is 14.7 Å². The van der Waals surface area contributed by atoms with E-state index in [0.717, 1.165) is 75.6 Å². The highest BCUT2D eigenvalue weighted by atomic mass is 16.5. The van der Waals surface area contributed by atoms with Crippen LogP contribution in [0.4, 0.5) is 0 Å². The zero-order valence-corrected chi connectivity index (χ0v) is 16.1. The zero-order valence-electron chi connectivity index (χ0n) is 16.1. The number of carbonyl (C=O) groups is 1. The molecule has 0 saturated carbocycles. The van der Waals surface area contributed by atoms with E-state index < -0.39 is 0 Å². The maximum Gasteiger partial charge on any atom is 0.255 e. The standard InChI is InChI=1S/C22H26N4O2/c27-22(26-7-3-20(15-26)25-8-5-23-6-9-25)19-12-18(13-24-14-19)16-1-2-21-17(11-16)4-10-28-21/h1-2,11-14,20,23H,3-10,15H2. The summed E-state index contributed by atoms with van der Waals surface area (Å²) in [5.41, 5.74) is 3.98. The third-order valence-corrected chi connectivity index (χ3v) is 6.13. The molecule has 1 aromatic heterocycles. The predicted molar refractivity (Wildman–Crippen MR) is 108 cm³/mol. The van der Waals surface area contributed by atoms with Gasteiger partial charge in [0.25, 0.3) is 5.91 Å². The van der Waals surface area contributed by atoms with Crippen molar-refractivity contribution in [2.24, 2.45) is 0 Å². The van der Waals surface area contributed by atoms with Gasteiger partial charge in [0.15, 0.2) is 0 Å². The molecule has 146 valence electrons. The number of hydrogen-bond acceptors (Lipinski definition) is 5. The second kappa shape index (κ2) is 7.53. The molecule has 0 spiro atoms. The summed E-state index contributed by atoms with van der Waals surface area (Å²) >= 11 is 0. The number of nitrogens with zero attached hydrogens (tertiary/aromatic N) is 3. The molecule has 1 atom stereocenters. The topological polar surface area (TPSA) is 57.7 Å². The molecular formula is C22H26N4O2. The van der Waals surface area contributed by atoms with Gasteiger partial charge in [0.2, 0.25) is 0 Å². The maximum atomic E-state index is 13.1. The first kappa shape index (κ1) is 17.6. The summed E-state index contributed by atoms with van der Waals surface area (Å²) in [4.78, 5) is 21.9. The van der Waals surface area contributed by atoms with E-state index in [0.29, 0.717) is 11.6 Å². The number of hydrogen-bond donors (Lipinski definition) is 1. The van der Waals surface area contributed by atoms with Gasteiger partial charge in [0, 0.05) is 69.7 Å². The molecule has 0 bridgehead atoms. The molecule has 0 aliphatic carbocycles. The molecule has 2 fully saturated rings. The van der Waals surface area contributed by atoms with Crippen LogP contribution in [0.1, 0.15) is 22.3 Å². The number of piperazine rings is 1. The number of amides is 1. The lowest BCUT2D eigenvalue weighted by Gasteiger charge is -2.32. The molecule has 1 aromatic carbocycles. The number of likely N-dealkylation sites (tertiary alicyclic amines) is 1. The van der Waals surface area contributed by atoms with Crippen LogP contribution in [0.25, 0.3) is 11.1 Å². The van der Waals surface area contributed by atoms with Crippen molar-refractivity contribution in [2.75, 3.05) is 45.9 Å². The fourth-order valence-corrected chi connectivity index (χ4v) is 4.54. The van der Waals surface area contributed by atoms with E-state index in [1.165, 1.54) is 5.56 Å². The summed E-state index contributed by atoms with van der Waals surface area (Å²) in [7, 11) is 0. The van der Waals surface area contributed by atoms with Gasteiger partial charge in [-0.15, -0.1) is 0 Å². The number of aromatic nitrogens is 1. The minimum atomic E-state index is 0.0940. The van der Waals surface area contributed by atoms with Crippen molar-refractivity contribution in [2.45, 2.75) is 18.9 Å². The number of benzene rings is 1.